The number of rotatable bonds is 5. The van der Waals surface area contributed by atoms with Gasteiger partial charge in [-0.25, -0.2) is 0 Å². The summed E-state index contributed by atoms with van der Waals surface area (Å²) in [5.74, 6) is 1.91. The molecule has 1 atom stereocenters. The molecule has 0 saturated heterocycles. The van der Waals surface area contributed by atoms with Crippen LogP contribution in [0.4, 0.5) is 0 Å². The highest BCUT2D eigenvalue weighted by atomic mass is 35.5. The Hall–Kier alpha value is -1.36. The van der Waals surface area contributed by atoms with Crippen LogP contribution in [0.3, 0.4) is 0 Å². The third-order valence-electron chi connectivity index (χ3n) is 4.47. The van der Waals surface area contributed by atoms with E-state index in [1.54, 1.807) is 6.07 Å². The Morgan fingerprint density at radius 2 is 2.04 bits per heavy atom. The standard InChI is InChI=1S/C21H23Cl2NO2S/c1-13-4-7-16-18(10-21(2,3)26-19(16)8-13)24-20(25)12-27-11-14-5-6-15(22)9-17(14)23/h4-9,18H,10-12H2,1-3H3,(H,24,25)/t18-/m0/s1. The first kappa shape index (κ1) is 20.4. The molecule has 27 heavy (non-hydrogen) atoms. The van der Waals surface area contributed by atoms with Crippen LogP contribution in [0.15, 0.2) is 36.4 Å². The van der Waals surface area contributed by atoms with E-state index in [4.69, 9.17) is 27.9 Å². The quantitative estimate of drug-likeness (QED) is 0.644. The zero-order chi connectivity index (χ0) is 19.6. The largest absolute Gasteiger partial charge is 0.487 e. The highest BCUT2D eigenvalue weighted by Crippen LogP contribution is 2.40. The van der Waals surface area contributed by atoms with Gasteiger partial charge < -0.3 is 10.1 Å². The van der Waals surface area contributed by atoms with Gasteiger partial charge in [-0.15, -0.1) is 11.8 Å². The van der Waals surface area contributed by atoms with Gasteiger partial charge in [0.25, 0.3) is 0 Å². The summed E-state index contributed by atoms with van der Waals surface area (Å²) >= 11 is 13.6. The maximum Gasteiger partial charge on any atom is 0.230 e. The zero-order valence-corrected chi connectivity index (χ0v) is 18.0. The van der Waals surface area contributed by atoms with Crippen molar-refractivity contribution in [2.75, 3.05) is 5.75 Å². The molecule has 1 heterocycles. The molecule has 1 amide bonds. The monoisotopic (exact) mass is 423 g/mol. The summed E-state index contributed by atoms with van der Waals surface area (Å²) in [4.78, 5) is 12.5. The lowest BCUT2D eigenvalue weighted by Crippen LogP contribution is -2.41. The Balaban J connectivity index is 1.60. The van der Waals surface area contributed by atoms with Gasteiger partial charge in [0, 0.05) is 27.8 Å². The third kappa shape index (κ3) is 5.34. The van der Waals surface area contributed by atoms with Gasteiger partial charge in [-0.3, -0.25) is 4.79 Å². The van der Waals surface area contributed by atoms with Crippen molar-refractivity contribution in [2.45, 2.75) is 44.6 Å². The molecule has 2 aromatic rings. The average molecular weight is 424 g/mol. The van der Waals surface area contributed by atoms with Gasteiger partial charge in [-0.2, -0.15) is 0 Å². The van der Waals surface area contributed by atoms with E-state index in [0.29, 0.717) is 21.6 Å². The van der Waals surface area contributed by atoms with Crippen molar-refractivity contribution in [3.8, 4) is 5.75 Å². The molecular weight excluding hydrogens is 401 g/mol. The molecule has 0 radical (unpaired) electrons. The molecule has 0 fully saturated rings. The average Bonchev–Trinajstić information content (AvgIpc) is 2.55. The minimum absolute atomic E-state index is 0.0133. The molecule has 2 aromatic carbocycles. The molecule has 0 spiro atoms. The van der Waals surface area contributed by atoms with Crippen molar-refractivity contribution in [1.82, 2.24) is 5.32 Å². The maximum absolute atomic E-state index is 12.5. The molecule has 3 nitrogen and oxygen atoms in total. The molecule has 6 heteroatoms. The van der Waals surface area contributed by atoms with E-state index in [1.807, 2.05) is 31.2 Å². The number of aryl methyl sites for hydroxylation is 1. The Labute approximate surface area is 174 Å². The number of hydrogen-bond acceptors (Lipinski definition) is 3. The van der Waals surface area contributed by atoms with Crippen molar-refractivity contribution in [3.63, 3.8) is 0 Å². The second-order valence-corrected chi connectivity index (χ2v) is 9.29. The molecule has 144 valence electrons. The van der Waals surface area contributed by atoms with E-state index in [2.05, 4.69) is 25.2 Å². The molecule has 1 aliphatic rings. The summed E-state index contributed by atoms with van der Waals surface area (Å²) in [6, 6.07) is 11.5. The number of benzene rings is 2. The smallest absolute Gasteiger partial charge is 0.230 e. The molecule has 0 aromatic heterocycles. The van der Waals surface area contributed by atoms with Crippen LogP contribution in [0.5, 0.6) is 5.75 Å². The van der Waals surface area contributed by atoms with Crippen molar-refractivity contribution in [2.24, 2.45) is 0 Å². The Morgan fingerprint density at radius 1 is 1.26 bits per heavy atom. The first-order chi connectivity index (χ1) is 12.7. The molecular formula is C21H23Cl2NO2S. The van der Waals surface area contributed by atoms with Crippen LogP contribution in [0.1, 0.15) is 43.0 Å². The number of halogens is 2. The molecule has 0 aliphatic carbocycles. The van der Waals surface area contributed by atoms with Gasteiger partial charge in [0.2, 0.25) is 5.91 Å². The normalized spacial score (nSPS) is 17.7. The number of amides is 1. The van der Waals surface area contributed by atoms with Crippen LogP contribution >= 0.6 is 35.0 Å². The molecule has 0 bridgehead atoms. The van der Waals surface area contributed by atoms with Crippen LogP contribution in [0, 0.1) is 6.92 Å². The predicted octanol–water partition coefficient (Wildman–Crippen LogP) is 5.95. The summed E-state index contributed by atoms with van der Waals surface area (Å²) in [7, 11) is 0. The second kappa shape index (κ2) is 8.34. The van der Waals surface area contributed by atoms with Gasteiger partial charge >= 0.3 is 0 Å². The van der Waals surface area contributed by atoms with Gasteiger partial charge in [-0.1, -0.05) is 41.4 Å². The van der Waals surface area contributed by atoms with Gasteiger partial charge in [0.1, 0.15) is 11.4 Å². The Bertz CT molecular complexity index is 854. The summed E-state index contributed by atoms with van der Waals surface area (Å²) in [5, 5.41) is 4.41. The summed E-state index contributed by atoms with van der Waals surface area (Å²) in [5.41, 5.74) is 2.85. The van der Waals surface area contributed by atoms with E-state index in [1.165, 1.54) is 11.8 Å². The molecule has 0 unspecified atom stereocenters. The van der Waals surface area contributed by atoms with Crippen LogP contribution in [0.2, 0.25) is 10.0 Å². The fourth-order valence-corrected chi connectivity index (χ4v) is 4.61. The topological polar surface area (TPSA) is 38.3 Å². The number of thioether (sulfide) groups is 1. The second-order valence-electron chi connectivity index (χ2n) is 7.46. The van der Waals surface area contributed by atoms with Crippen molar-refractivity contribution >= 4 is 40.9 Å². The first-order valence-electron chi connectivity index (χ1n) is 8.84. The van der Waals surface area contributed by atoms with Crippen molar-refractivity contribution < 1.29 is 9.53 Å². The van der Waals surface area contributed by atoms with Crippen molar-refractivity contribution in [3.05, 3.63) is 63.1 Å². The number of fused-ring (bicyclic) bond motifs is 1. The number of nitrogens with one attached hydrogen (secondary N) is 1. The van der Waals surface area contributed by atoms with Crippen LogP contribution in [0.25, 0.3) is 0 Å². The van der Waals surface area contributed by atoms with E-state index in [9.17, 15) is 4.79 Å². The molecule has 1 N–H and O–H groups in total. The highest BCUT2D eigenvalue weighted by molar-refractivity contribution is 7.99. The SMILES string of the molecule is Cc1ccc2c(c1)OC(C)(C)C[C@@H]2NC(=O)CSCc1ccc(Cl)cc1Cl. The van der Waals surface area contributed by atoms with E-state index in [0.717, 1.165) is 28.9 Å². The lowest BCUT2D eigenvalue weighted by atomic mass is 9.89. The van der Waals surface area contributed by atoms with Crippen LogP contribution in [-0.4, -0.2) is 17.3 Å². The van der Waals surface area contributed by atoms with Gasteiger partial charge in [0.05, 0.1) is 11.8 Å². The minimum Gasteiger partial charge on any atom is -0.487 e. The number of carbonyl (C=O) groups excluding carboxylic acids is 1. The molecule has 0 saturated carbocycles. The lowest BCUT2D eigenvalue weighted by Gasteiger charge is -2.38. The number of ether oxygens (including phenoxy) is 1. The Morgan fingerprint density at radius 3 is 2.78 bits per heavy atom. The van der Waals surface area contributed by atoms with Gasteiger partial charge in [0.15, 0.2) is 0 Å². The number of hydrogen-bond donors (Lipinski definition) is 1. The Kier molecular flexibility index (Phi) is 6.29. The third-order valence-corrected chi connectivity index (χ3v) is 6.04. The molecule has 1 aliphatic heterocycles. The van der Waals surface area contributed by atoms with Crippen molar-refractivity contribution in [1.29, 1.82) is 0 Å². The van der Waals surface area contributed by atoms with Crippen LogP contribution < -0.4 is 10.1 Å². The first-order valence-corrected chi connectivity index (χ1v) is 10.8. The summed E-state index contributed by atoms with van der Waals surface area (Å²) in [6.07, 6.45) is 0.739. The summed E-state index contributed by atoms with van der Waals surface area (Å²) in [6.45, 7) is 6.14. The van der Waals surface area contributed by atoms with E-state index < -0.39 is 0 Å². The fourth-order valence-electron chi connectivity index (χ4n) is 3.22. The summed E-state index contributed by atoms with van der Waals surface area (Å²) < 4.78 is 6.09. The zero-order valence-electron chi connectivity index (χ0n) is 15.6. The highest BCUT2D eigenvalue weighted by Gasteiger charge is 2.34. The minimum atomic E-state index is -0.317. The predicted molar refractivity (Wildman–Crippen MR) is 114 cm³/mol. The van der Waals surface area contributed by atoms with E-state index >= 15 is 0 Å². The maximum atomic E-state index is 12.5. The number of carbonyl (C=O) groups is 1. The lowest BCUT2D eigenvalue weighted by molar-refractivity contribution is -0.119. The van der Waals surface area contributed by atoms with Gasteiger partial charge in [-0.05, 0) is 50.1 Å². The fraction of sp³-hybridized carbons (Fsp3) is 0.381. The molecule has 3 rings (SSSR count). The van der Waals surface area contributed by atoms with E-state index in [-0.39, 0.29) is 17.6 Å². The van der Waals surface area contributed by atoms with Crippen LogP contribution in [-0.2, 0) is 10.5 Å².